The van der Waals surface area contributed by atoms with Crippen LogP contribution in [0.2, 0.25) is 0 Å². The predicted molar refractivity (Wildman–Crippen MR) is 87.2 cm³/mol. The molecule has 0 bridgehead atoms. The van der Waals surface area contributed by atoms with Crippen molar-refractivity contribution < 1.29 is 14.3 Å². The van der Waals surface area contributed by atoms with Crippen molar-refractivity contribution in [1.82, 2.24) is 14.8 Å². The highest BCUT2D eigenvalue weighted by molar-refractivity contribution is 9.10. The Labute approximate surface area is 141 Å². The SMILES string of the molecule is COC(=O)C1=C(C)Nc2ncnn2[C@H]1c1cc(Br)ccc1OC. The minimum atomic E-state index is -0.492. The van der Waals surface area contributed by atoms with Gasteiger partial charge in [-0.05, 0) is 25.1 Å². The van der Waals surface area contributed by atoms with Gasteiger partial charge in [-0.25, -0.2) is 9.48 Å². The molecule has 0 saturated carbocycles. The molecule has 0 saturated heterocycles. The molecule has 1 aromatic carbocycles. The van der Waals surface area contributed by atoms with Crippen molar-refractivity contribution in [1.29, 1.82) is 0 Å². The number of carbonyl (C=O) groups is 1. The van der Waals surface area contributed by atoms with Crippen molar-refractivity contribution in [3.05, 3.63) is 45.8 Å². The van der Waals surface area contributed by atoms with Crippen molar-refractivity contribution in [2.45, 2.75) is 13.0 Å². The van der Waals surface area contributed by atoms with Crippen LogP contribution in [0.25, 0.3) is 0 Å². The molecular weight excluding hydrogens is 364 g/mol. The van der Waals surface area contributed by atoms with E-state index in [1.807, 2.05) is 25.1 Å². The number of hydrogen-bond acceptors (Lipinski definition) is 6. The van der Waals surface area contributed by atoms with E-state index in [4.69, 9.17) is 9.47 Å². The molecule has 1 N–H and O–H groups in total. The second kappa shape index (κ2) is 6.04. The zero-order chi connectivity index (χ0) is 16.6. The van der Waals surface area contributed by atoms with E-state index >= 15 is 0 Å². The van der Waals surface area contributed by atoms with Gasteiger partial charge in [0.15, 0.2) is 0 Å². The molecule has 1 aliphatic heterocycles. The van der Waals surface area contributed by atoms with Gasteiger partial charge in [0.25, 0.3) is 0 Å². The first-order valence-electron chi connectivity index (χ1n) is 6.86. The fourth-order valence-corrected chi connectivity index (χ4v) is 3.05. The molecule has 7 nitrogen and oxygen atoms in total. The quantitative estimate of drug-likeness (QED) is 0.826. The molecule has 0 radical (unpaired) electrons. The summed E-state index contributed by atoms with van der Waals surface area (Å²) in [6, 6.07) is 5.12. The number of ether oxygens (including phenoxy) is 2. The highest BCUT2D eigenvalue weighted by atomic mass is 79.9. The van der Waals surface area contributed by atoms with Gasteiger partial charge in [0.1, 0.15) is 18.1 Å². The molecule has 1 atom stereocenters. The number of methoxy groups -OCH3 is 2. The Balaban J connectivity index is 2.26. The summed E-state index contributed by atoms with van der Waals surface area (Å²) in [6.07, 6.45) is 1.44. The van der Waals surface area contributed by atoms with Gasteiger partial charge in [-0.15, -0.1) is 0 Å². The number of aromatic nitrogens is 3. The summed E-state index contributed by atoms with van der Waals surface area (Å²) in [5.74, 6) is 0.779. The molecule has 8 heteroatoms. The van der Waals surface area contributed by atoms with Crippen molar-refractivity contribution in [2.24, 2.45) is 0 Å². The van der Waals surface area contributed by atoms with Crippen LogP contribution < -0.4 is 10.1 Å². The monoisotopic (exact) mass is 378 g/mol. The van der Waals surface area contributed by atoms with Crippen LogP contribution in [0, 0.1) is 0 Å². The van der Waals surface area contributed by atoms with Crippen LogP contribution in [0.4, 0.5) is 5.95 Å². The standard InChI is InChI=1S/C15H15BrN4O3/c1-8-12(14(21)23-3)13(20-15(19-8)17-7-18-20)10-6-9(16)4-5-11(10)22-2/h4-7,13H,1-3H3,(H,17,18,19)/t13-/m0/s1. The summed E-state index contributed by atoms with van der Waals surface area (Å²) in [6.45, 7) is 1.81. The first kappa shape index (κ1) is 15.5. The molecule has 0 unspecified atom stereocenters. The highest BCUT2D eigenvalue weighted by Crippen LogP contribution is 2.40. The third-order valence-electron chi connectivity index (χ3n) is 3.69. The number of nitrogens with one attached hydrogen (secondary N) is 1. The maximum Gasteiger partial charge on any atom is 0.338 e. The Morgan fingerprint density at radius 2 is 2.17 bits per heavy atom. The summed E-state index contributed by atoms with van der Waals surface area (Å²) in [5, 5.41) is 7.32. The first-order chi connectivity index (χ1) is 11.1. The van der Waals surface area contributed by atoms with Crippen LogP contribution in [-0.4, -0.2) is 35.0 Å². The lowest BCUT2D eigenvalue weighted by Gasteiger charge is -2.28. The molecule has 1 aliphatic rings. The van der Waals surface area contributed by atoms with Gasteiger partial charge >= 0.3 is 5.97 Å². The minimum Gasteiger partial charge on any atom is -0.496 e. The molecule has 0 amide bonds. The average molecular weight is 379 g/mol. The number of nitrogens with zero attached hydrogens (tertiary/aromatic N) is 3. The molecule has 0 aliphatic carbocycles. The van der Waals surface area contributed by atoms with Gasteiger partial charge in [-0.2, -0.15) is 10.1 Å². The minimum absolute atomic E-state index is 0.428. The van der Waals surface area contributed by atoms with E-state index < -0.39 is 12.0 Å². The number of allylic oxidation sites excluding steroid dienone is 1. The smallest absolute Gasteiger partial charge is 0.338 e. The molecule has 0 spiro atoms. The third-order valence-corrected chi connectivity index (χ3v) is 4.18. The van der Waals surface area contributed by atoms with E-state index in [9.17, 15) is 4.79 Å². The van der Waals surface area contributed by atoms with E-state index in [0.29, 0.717) is 23.0 Å². The van der Waals surface area contributed by atoms with E-state index in [1.165, 1.54) is 13.4 Å². The topological polar surface area (TPSA) is 78.3 Å². The average Bonchev–Trinajstić information content (AvgIpc) is 3.00. The normalized spacial score (nSPS) is 16.6. The fraction of sp³-hybridized carbons (Fsp3) is 0.267. The van der Waals surface area contributed by atoms with Crippen LogP contribution >= 0.6 is 15.9 Å². The number of benzene rings is 1. The van der Waals surface area contributed by atoms with Crippen molar-refractivity contribution in [3.63, 3.8) is 0 Å². The Hall–Kier alpha value is -2.35. The van der Waals surface area contributed by atoms with Gasteiger partial charge in [0.05, 0.1) is 19.8 Å². The molecule has 3 rings (SSSR count). The van der Waals surface area contributed by atoms with E-state index in [1.54, 1.807) is 11.8 Å². The Bertz CT molecular complexity index is 800. The summed E-state index contributed by atoms with van der Waals surface area (Å²) in [4.78, 5) is 16.5. The first-order valence-corrected chi connectivity index (χ1v) is 7.65. The zero-order valence-electron chi connectivity index (χ0n) is 12.8. The summed E-state index contributed by atoms with van der Waals surface area (Å²) >= 11 is 3.46. The predicted octanol–water partition coefficient (Wildman–Crippen LogP) is 2.51. The van der Waals surface area contributed by atoms with Crippen LogP contribution in [0.15, 0.2) is 40.3 Å². The van der Waals surface area contributed by atoms with Crippen LogP contribution in [0.1, 0.15) is 18.5 Å². The number of hydrogen-bond donors (Lipinski definition) is 1. The molecule has 1 aromatic heterocycles. The highest BCUT2D eigenvalue weighted by Gasteiger charge is 2.35. The van der Waals surface area contributed by atoms with E-state index in [0.717, 1.165) is 10.0 Å². The summed E-state index contributed by atoms with van der Waals surface area (Å²) in [7, 11) is 2.94. The molecule has 23 heavy (non-hydrogen) atoms. The van der Waals surface area contributed by atoms with Crippen LogP contribution in [0.3, 0.4) is 0 Å². The number of esters is 1. The maximum absolute atomic E-state index is 12.3. The van der Waals surface area contributed by atoms with Gasteiger partial charge in [-0.3, -0.25) is 0 Å². The van der Waals surface area contributed by atoms with Crippen molar-refractivity contribution >= 4 is 27.8 Å². The molecule has 2 heterocycles. The number of rotatable bonds is 3. The second-order valence-corrected chi connectivity index (χ2v) is 5.89. The Kier molecular flexibility index (Phi) is 4.08. The molecule has 0 fully saturated rings. The summed E-state index contributed by atoms with van der Waals surface area (Å²) in [5.41, 5.74) is 1.92. The number of fused-ring (bicyclic) bond motifs is 1. The second-order valence-electron chi connectivity index (χ2n) is 4.97. The lowest BCUT2D eigenvalue weighted by molar-refractivity contribution is -0.136. The number of halogens is 1. The zero-order valence-corrected chi connectivity index (χ0v) is 14.4. The number of anilines is 1. The lowest BCUT2D eigenvalue weighted by Crippen LogP contribution is -2.29. The molecular formula is C15H15BrN4O3. The third kappa shape index (κ3) is 2.59. The van der Waals surface area contributed by atoms with Gasteiger partial charge < -0.3 is 14.8 Å². The van der Waals surface area contributed by atoms with Gasteiger partial charge in [0.2, 0.25) is 5.95 Å². The Morgan fingerprint density at radius 1 is 1.39 bits per heavy atom. The lowest BCUT2D eigenvalue weighted by atomic mass is 9.95. The maximum atomic E-state index is 12.3. The van der Waals surface area contributed by atoms with Crippen LogP contribution in [-0.2, 0) is 9.53 Å². The van der Waals surface area contributed by atoms with Gasteiger partial charge in [0, 0.05) is 15.7 Å². The van der Waals surface area contributed by atoms with E-state index in [2.05, 4.69) is 31.3 Å². The van der Waals surface area contributed by atoms with Crippen molar-refractivity contribution in [3.8, 4) is 5.75 Å². The molecule has 2 aromatic rings. The van der Waals surface area contributed by atoms with Gasteiger partial charge in [-0.1, -0.05) is 15.9 Å². The summed E-state index contributed by atoms with van der Waals surface area (Å²) < 4.78 is 12.9. The Morgan fingerprint density at radius 3 is 2.87 bits per heavy atom. The van der Waals surface area contributed by atoms with E-state index in [-0.39, 0.29) is 0 Å². The molecule has 120 valence electrons. The van der Waals surface area contributed by atoms with Crippen LogP contribution in [0.5, 0.6) is 5.75 Å². The largest absolute Gasteiger partial charge is 0.496 e. The number of carbonyl (C=O) groups excluding carboxylic acids is 1. The van der Waals surface area contributed by atoms with Crippen molar-refractivity contribution in [2.75, 3.05) is 19.5 Å². The fourth-order valence-electron chi connectivity index (χ4n) is 2.67.